The maximum absolute atomic E-state index is 12.7. The van der Waals surface area contributed by atoms with E-state index >= 15 is 0 Å². The molecule has 1 amide bonds. The van der Waals surface area contributed by atoms with E-state index in [0.717, 1.165) is 44.5 Å². The van der Waals surface area contributed by atoms with Crippen molar-refractivity contribution in [3.05, 3.63) is 88.0 Å². The fraction of sp³-hybridized carbons (Fsp3) is 0.250. The average molecular weight is 456 g/mol. The van der Waals surface area contributed by atoms with E-state index in [1.807, 2.05) is 26.0 Å². The molecule has 0 aliphatic carbocycles. The second-order valence-electron chi connectivity index (χ2n) is 8.75. The summed E-state index contributed by atoms with van der Waals surface area (Å²) in [7, 11) is 0. The monoisotopic (exact) mass is 455 g/mol. The van der Waals surface area contributed by atoms with Gasteiger partial charge in [0.2, 0.25) is 5.91 Å². The van der Waals surface area contributed by atoms with Gasteiger partial charge in [0.05, 0.1) is 27.9 Å². The van der Waals surface area contributed by atoms with Crippen LogP contribution in [0.15, 0.2) is 64.6 Å². The second kappa shape index (κ2) is 9.75. The zero-order valence-electron chi connectivity index (χ0n) is 19.8. The van der Waals surface area contributed by atoms with E-state index in [4.69, 9.17) is 9.98 Å². The summed E-state index contributed by atoms with van der Waals surface area (Å²) in [5.41, 5.74) is 10.5. The lowest BCUT2D eigenvalue weighted by molar-refractivity contribution is -0.113. The molecular formula is C28H29N3OS. The third kappa shape index (κ3) is 5.79. The van der Waals surface area contributed by atoms with Gasteiger partial charge in [-0.1, -0.05) is 35.9 Å². The van der Waals surface area contributed by atoms with Gasteiger partial charge in [-0.3, -0.25) is 9.79 Å². The molecule has 3 aromatic carbocycles. The number of nitrogens with zero attached hydrogens (tertiary/aromatic N) is 2. The molecule has 0 spiro atoms. The molecule has 1 N–H and O–H groups in total. The molecule has 168 valence electrons. The molecular weight excluding hydrogens is 426 g/mol. The molecule has 3 aromatic rings. The number of benzene rings is 3. The van der Waals surface area contributed by atoms with Crippen LogP contribution >= 0.6 is 11.8 Å². The van der Waals surface area contributed by atoms with Gasteiger partial charge in [0, 0.05) is 12.1 Å². The first-order valence-corrected chi connectivity index (χ1v) is 12.1. The van der Waals surface area contributed by atoms with Crippen molar-refractivity contribution in [3.8, 4) is 0 Å². The van der Waals surface area contributed by atoms with Crippen molar-refractivity contribution in [2.24, 2.45) is 9.98 Å². The molecule has 1 heterocycles. The van der Waals surface area contributed by atoms with Crippen LogP contribution in [0, 0.1) is 34.6 Å². The number of carbonyl (C=O) groups excluding carboxylic acids is 1. The quantitative estimate of drug-likeness (QED) is 0.454. The van der Waals surface area contributed by atoms with Crippen molar-refractivity contribution in [1.82, 2.24) is 0 Å². The number of carbonyl (C=O) groups is 1. The lowest BCUT2D eigenvalue weighted by atomic mass is 10.1. The number of nitrogens with one attached hydrogen (secondary N) is 1. The zero-order chi connectivity index (χ0) is 23.5. The molecule has 1 aliphatic rings. The number of hydrogen-bond donors (Lipinski definition) is 1. The Morgan fingerprint density at radius 1 is 0.818 bits per heavy atom. The molecule has 0 fully saturated rings. The lowest BCUT2D eigenvalue weighted by Gasteiger charge is -2.09. The highest BCUT2D eigenvalue weighted by atomic mass is 32.2. The summed E-state index contributed by atoms with van der Waals surface area (Å²) >= 11 is 1.48. The van der Waals surface area contributed by atoms with Crippen molar-refractivity contribution in [3.63, 3.8) is 0 Å². The molecule has 0 aromatic heterocycles. The van der Waals surface area contributed by atoms with Gasteiger partial charge < -0.3 is 5.32 Å². The van der Waals surface area contributed by atoms with Gasteiger partial charge in [-0.2, -0.15) is 0 Å². The fourth-order valence-electron chi connectivity index (χ4n) is 3.86. The maximum Gasteiger partial charge on any atom is 0.234 e. The molecule has 0 saturated heterocycles. The molecule has 33 heavy (non-hydrogen) atoms. The minimum Gasteiger partial charge on any atom is -0.325 e. The van der Waals surface area contributed by atoms with Crippen LogP contribution in [0.3, 0.4) is 0 Å². The van der Waals surface area contributed by atoms with Crippen molar-refractivity contribution >= 4 is 45.5 Å². The topological polar surface area (TPSA) is 53.8 Å². The first-order valence-electron chi connectivity index (χ1n) is 11.1. The summed E-state index contributed by atoms with van der Waals surface area (Å²) < 4.78 is 0. The van der Waals surface area contributed by atoms with Crippen LogP contribution < -0.4 is 5.32 Å². The highest BCUT2D eigenvalue weighted by Gasteiger charge is 2.18. The van der Waals surface area contributed by atoms with Gasteiger partial charge >= 0.3 is 0 Å². The third-order valence-electron chi connectivity index (χ3n) is 5.67. The summed E-state index contributed by atoms with van der Waals surface area (Å²) in [6.07, 6.45) is 0.595. The number of rotatable bonds is 4. The highest BCUT2D eigenvalue weighted by Crippen LogP contribution is 2.36. The minimum atomic E-state index is -0.0360. The van der Waals surface area contributed by atoms with Crippen molar-refractivity contribution in [1.29, 1.82) is 0 Å². The predicted molar refractivity (Wildman–Crippen MR) is 142 cm³/mol. The first kappa shape index (κ1) is 23.0. The molecule has 5 heteroatoms. The molecule has 0 bridgehead atoms. The largest absolute Gasteiger partial charge is 0.325 e. The number of hydrogen-bond acceptors (Lipinski definition) is 4. The van der Waals surface area contributed by atoms with Crippen LogP contribution in [0.5, 0.6) is 0 Å². The van der Waals surface area contributed by atoms with Crippen LogP contribution in [0.4, 0.5) is 17.1 Å². The molecule has 0 radical (unpaired) electrons. The SMILES string of the molecule is Cc1ccc(C2=Nc3cc(C)c(C)cc3N=C(SCC(=O)Nc3cc(C)cc(C)c3)C2)cc1. The molecule has 4 rings (SSSR count). The summed E-state index contributed by atoms with van der Waals surface area (Å²) in [6.45, 7) is 10.3. The Hall–Kier alpha value is -3.18. The van der Waals surface area contributed by atoms with Crippen LogP contribution in [-0.2, 0) is 4.79 Å². The summed E-state index contributed by atoms with van der Waals surface area (Å²) in [5.74, 6) is 0.263. The van der Waals surface area contributed by atoms with Gasteiger partial charge in [-0.15, -0.1) is 11.8 Å². The van der Waals surface area contributed by atoms with Crippen LogP contribution in [0.2, 0.25) is 0 Å². The number of fused-ring (bicyclic) bond motifs is 1. The van der Waals surface area contributed by atoms with Gasteiger partial charge in [0.1, 0.15) is 0 Å². The lowest BCUT2D eigenvalue weighted by Crippen LogP contribution is -2.16. The Kier molecular flexibility index (Phi) is 6.80. The van der Waals surface area contributed by atoms with Gasteiger partial charge in [-0.25, -0.2) is 4.99 Å². The number of aryl methyl sites for hydroxylation is 5. The van der Waals surface area contributed by atoms with Crippen LogP contribution in [0.25, 0.3) is 0 Å². The normalized spacial score (nSPS) is 13.0. The van der Waals surface area contributed by atoms with E-state index < -0.39 is 0 Å². The first-order chi connectivity index (χ1) is 15.8. The van der Waals surface area contributed by atoms with E-state index in [2.05, 4.69) is 68.6 Å². The molecule has 4 nitrogen and oxygen atoms in total. The van der Waals surface area contributed by atoms with Gasteiger partial charge in [-0.05, 0) is 86.7 Å². The van der Waals surface area contributed by atoms with E-state index in [-0.39, 0.29) is 5.91 Å². The van der Waals surface area contributed by atoms with Crippen molar-refractivity contribution in [2.45, 2.75) is 41.0 Å². The number of anilines is 1. The van der Waals surface area contributed by atoms with Crippen LogP contribution in [-0.4, -0.2) is 22.4 Å². The third-order valence-corrected chi connectivity index (χ3v) is 6.65. The van der Waals surface area contributed by atoms with Crippen LogP contribution in [0.1, 0.15) is 39.8 Å². The average Bonchev–Trinajstić information content (AvgIpc) is 2.91. The van der Waals surface area contributed by atoms with Gasteiger partial charge in [0.15, 0.2) is 0 Å². The van der Waals surface area contributed by atoms with Gasteiger partial charge in [0.25, 0.3) is 0 Å². The second-order valence-corrected chi connectivity index (χ2v) is 9.79. The van der Waals surface area contributed by atoms with Crippen molar-refractivity contribution in [2.75, 3.05) is 11.1 Å². The van der Waals surface area contributed by atoms with Crippen molar-refractivity contribution < 1.29 is 4.79 Å². The number of amides is 1. The Labute approximate surface area is 200 Å². The molecule has 0 saturated carbocycles. The minimum absolute atomic E-state index is 0.0360. The molecule has 1 aliphatic heterocycles. The molecule has 0 atom stereocenters. The summed E-state index contributed by atoms with van der Waals surface area (Å²) in [5, 5.41) is 3.91. The van der Waals surface area contributed by atoms with E-state index in [0.29, 0.717) is 12.2 Å². The highest BCUT2D eigenvalue weighted by molar-refractivity contribution is 8.14. The number of aliphatic imine (C=N–C) groups is 2. The Balaban J connectivity index is 1.58. The zero-order valence-corrected chi connectivity index (χ0v) is 20.6. The standard InChI is InChI=1S/C28H29N3OS/c1-17-6-8-22(9-7-17)24-15-28(31-26-14-21(5)20(4)13-25(26)30-24)33-16-27(32)29-23-11-18(2)10-19(3)12-23/h6-14H,15-16H2,1-5H3,(H,29,32). The summed E-state index contributed by atoms with van der Waals surface area (Å²) in [4.78, 5) is 22.6. The van der Waals surface area contributed by atoms with E-state index in [9.17, 15) is 4.79 Å². The maximum atomic E-state index is 12.7. The fourth-order valence-corrected chi connectivity index (χ4v) is 4.63. The van der Waals surface area contributed by atoms with E-state index in [1.54, 1.807) is 0 Å². The summed E-state index contributed by atoms with van der Waals surface area (Å²) in [6, 6.07) is 18.7. The Bertz CT molecular complexity index is 1250. The van der Waals surface area contributed by atoms with E-state index in [1.165, 1.54) is 28.5 Å². The smallest absolute Gasteiger partial charge is 0.234 e. The molecule has 0 unspecified atom stereocenters. The Morgan fingerprint density at radius 2 is 1.42 bits per heavy atom. The predicted octanol–water partition coefficient (Wildman–Crippen LogP) is 7.16. The number of thioether (sulfide) groups is 1. The Morgan fingerprint density at radius 3 is 2.06 bits per heavy atom.